The minimum absolute atomic E-state index is 0.372. The number of benzene rings is 1. The van der Waals surface area contributed by atoms with Gasteiger partial charge in [-0.15, -0.1) is 0 Å². The van der Waals surface area contributed by atoms with Crippen molar-refractivity contribution in [2.75, 3.05) is 0 Å². The van der Waals surface area contributed by atoms with Crippen LogP contribution in [0.3, 0.4) is 0 Å². The summed E-state index contributed by atoms with van der Waals surface area (Å²) < 4.78 is 51.0. The Kier molecular flexibility index (Phi) is 3.41. The van der Waals surface area contributed by atoms with Gasteiger partial charge in [-0.25, -0.2) is 4.39 Å². The Balaban J connectivity index is 2.44. The maximum absolute atomic E-state index is 13.5. The quantitative estimate of drug-likeness (QED) is 0.822. The highest BCUT2D eigenvalue weighted by Crippen LogP contribution is 2.33. The van der Waals surface area contributed by atoms with Gasteiger partial charge in [-0.05, 0) is 40.6 Å². The first kappa shape index (κ1) is 13.0. The van der Waals surface area contributed by atoms with Crippen LogP contribution in [-0.2, 0) is 6.18 Å². The molecule has 2 aromatic rings. The zero-order valence-corrected chi connectivity index (χ0v) is 9.73. The summed E-state index contributed by atoms with van der Waals surface area (Å²) in [6.45, 7) is 0. The van der Waals surface area contributed by atoms with E-state index in [9.17, 15) is 22.7 Å². The molecule has 96 valence electrons. The second-order valence-electron chi connectivity index (χ2n) is 3.69. The molecule has 0 fully saturated rings. The van der Waals surface area contributed by atoms with Crippen molar-refractivity contribution in [3.05, 3.63) is 57.5 Å². The topological polar surface area (TPSA) is 20.2 Å². The van der Waals surface area contributed by atoms with E-state index < -0.39 is 23.7 Å². The molecule has 1 unspecified atom stereocenters. The first-order valence-electron chi connectivity index (χ1n) is 4.96. The molecule has 0 saturated heterocycles. The van der Waals surface area contributed by atoms with Crippen LogP contribution in [-0.4, -0.2) is 5.11 Å². The highest BCUT2D eigenvalue weighted by atomic mass is 32.1. The van der Waals surface area contributed by atoms with Gasteiger partial charge in [0.2, 0.25) is 0 Å². The summed E-state index contributed by atoms with van der Waals surface area (Å²) in [5.74, 6) is -0.860. The summed E-state index contributed by atoms with van der Waals surface area (Å²) in [6.07, 6.45) is -5.95. The van der Waals surface area contributed by atoms with Crippen molar-refractivity contribution < 1.29 is 22.7 Å². The molecule has 1 nitrogen and oxygen atoms in total. The predicted octanol–water partition coefficient (Wildman–Crippen LogP) is 3.99. The van der Waals surface area contributed by atoms with Crippen molar-refractivity contribution in [3.8, 4) is 0 Å². The zero-order chi connectivity index (χ0) is 13.3. The lowest BCUT2D eigenvalue weighted by molar-refractivity contribution is -0.137. The number of hydrogen-bond donors (Lipinski definition) is 1. The van der Waals surface area contributed by atoms with Crippen LogP contribution in [0.25, 0.3) is 0 Å². The standard InChI is InChI=1S/C12H8F4OS/c13-10-2-1-8(12(14,15)16)5-9(10)11(17)7-3-4-18-6-7/h1-6,11,17H. The molecule has 0 aliphatic carbocycles. The van der Waals surface area contributed by atoms with Gasteiger partial charge in [0.15, 0.2) is 0 Å². The molecule has 1 heterocycles. The van der Waals surface area contributed by atoms with Gasteiger partial charge >= 0.3 is 6.18 Å². The fourth-order valence-electron chi connectivity index (χ4n) is 1.54. The second-order valence-corrected chi connectivity index (χ2v) is 4.47. The third-order valence-electron chi connectivity index (χ3n) is 2.48. The highest BCUT2D eigenvalue weighted by Gasteiger charge is 2.32. The molecule has 0 saturated carbocycles. The number of thiophene rings is 1. The second kappa shape index (κ2) is 4.70. The third-order valence-corrected chi connectivity index (χ3v) is 3.18. The van der Waals surface area contributed by atoms with Crippen molar-refractivity contribution in [2.24, 2.45) is 0 Å². The van der Waals surface area contributed by atoms with E-state index >= 15 is 0 Å². The van der Waals surface area contributed by atoms with Gasteiger partial charge in [-0.1, -0.05) is 0 Å². The minimum atomic E-state index is -4.56. The highest BCUT2D eigenvalue weighted by molar-refractivity contribution is 7.07. The first-order chi connectivity index (χ1) is 8.39. The lowest BCUT2D eigenvalue weighted by Crippen LogP contribution is -2.09. The van der Waals surface area contributed by atoms with E-state index in [4.69, 9.17) is 0 Å². The van der Waals surface area contributed by atoms with Gasteiger partial charge < -0.3 is 5.11 Å². The lowest BCUT2D eigenvalue weighted by atomic mass is 10.0. The fraction of sp³-hybridized carbons (Fsp3) is 0.167. The molecule has 0 spiro atoms. The number of rotatable bonds is 2. The van der Waals surface area contributed by atoms with E-state index in [2.05, 4.69) is 0 Å². The largest absolute Gasteiger partial charge is 0.416 e. The monoisotopic (exact) mass is 276 g/mol. The van der Waals surface area contributed by atoms with Crippen LogP contribution >= 0.6 is 11.3 Å². The van der Waals surface area contributed by atoms with E-state index in [1.54, 1.807) is 10.8 Å². The molecular weight excluding hydrogens is 268 g/mol. The van der Waals surface area contributed by atoms with Crippen molar-refractivity contribution in [3.63, 3.8) is 0 Å². The summed E-state index contributed by atoms with van der Waals surface area (Å²) in [5.41, 5.74) is -0.977. The molecule has 6 heteroatoms. The lowest BCUT2D eigenvalue weighted by Gasteiger charge is -2.13. The normalized spacial score (nSPS) is 13.6. The summed E-state index contributed by atoms with van der Waals surface area (Å²) in [7, 11) is 0. The Hall–Kier alpha value is -1.40. The molecule has 1 atom stereocenters. The van der Waals surface area contributed by atoms with Crippen LogP contribution in [0.5, 0.6) is 0 Å². The average Bonchev–Trinajstić information content (AvgIpc) is 2.80. The number of hydrogen-bond acceptors (Lipinski definition) is 2. The average molecular weight is 276 g/mol. The van der Waals surface area contributed by atoms with E-state index in [-0.39, 0.29) is 5.56 Å². The van der Waals surface area contributed by atoms with Crippen molar-refractivity contribution in [1.29, 1.82) is 0 Å². The Labute approximate surface area is 104 Å². The fourth-order valence-corrected chi connectivity index (χ4v) is 2.22. The Bertz CT molecular complexity index is 534. The van der Waals surface area contributed by atoms with Crippen molar-refractivity contribution in [1.82, 2.24) is 0 Å². The molecule has 0 bridgehead atoms. The zero-order valence-electron chi connectivity index (χ0n) is 8.91. The van der Waals surface area contributed by atoms with Crippen LogP contribution in [0.1, 0.15) is 22.8 Å². The van der Waals surface area contributed by atoms with Crippen LogP contribution < -0.4 is 0 Å². The van der Waals surface area contributed by atoms with Crippen molar-refractivity contribution >= 4 is 11.3 Å². The third kappa shape index (κ3) is 2.54. The Morgan fingerprint density at radius 2 is 1.89 bits per heavy atom. The predicted molar refractivity (Wildman–Crippen MR) is 59.8 cm³/mol. The molecule has 0 radical (unpaired) electrons. The number of alkyl halides is 3. The van der Waals surface area contributed by atoms with E-state index in [1.807, 2.05) is 0 Å². The number of aliphatic hydroxyl groups is 1. The smallest absolute Gasteiger partial charge is 0.384 e. The molecule has 2 rings (SSSR count). The summed E-state index contributed by atoms with van der Waals surface area (Å²) in [4.78, 5) is 0. The van der Waals surface area contributed by atoms with E-state index in [0.717, 1.165) is 0 Å². The number of halogens is 4. The van der Waals surface area contributed by atoms with Gasteiger partial charge in [0.05, 0.1) is 5.56 Å². The van der Waals surface area contributed by atoms with Crippen LogP contribution in [0.4, 0.5) is 17.6 Å². The molecule has 1 aromatic heterocycles. The molecule has 18 heavy (non-hydrogen) atoms. The van der Waals surface area contributed by atoms with Crippen LogP contribution in [0.15, 0.2) is 35.0 Å². The molecule has 0 aliphatic heterocycles. The SMILES string of the molecule is OC(c1ccsc1)c1cc(C(F)(F)F)ccc1F. The van der Waals surface area contributed by atoms with Crippen LogP contribution in [0, 0.1) is 5.82 Å². The molecule has 1 N–H and O–H groups in total. The van der Waals surface area contributed by atoms with Gasteiger partial charge in [0.1, 0.15) is 11.9 Å². The summed E-state index contributed by atoms with van der Waals surface area (Å²) in [6, 6.07) is 3.54. The molecule has 0 amide bonds. The number of aliphatic hydroxyl groups excluding tert-OH is 1. The van der Waals surface area contributed by atoms with Gasteiger partial charge in [0, 0.05) is 5.56 Å². The van der Waals surface area contributed by atoms with E-state index in [1.165, 1.54) is 17.4 Å². The molecular formula is C12H8F4OS. The van der Waals surface area contributed by atoms with Crippen molar-refractivity contribution in [2.45, 2.75) is 12.3 Å². The Morgan fingerprint density at radius 3 is 2.44 bits per heavy atom. The molecule has 1 aromatic carbocycles. The van der Waals surface area contributed by atoms with E-state index in [0.29, 0.717) is 23.8 Å². The minimum Gasteiger partial charge on any atom is -0.384 e. The molecule has 0 aliphatic rings. The maximum Gasteiger partial charge on any atom is 0.416 e. The summed E-state index contributed by atoms with van der Waals surface area (Å²) >= 11 is 1.27. The first-order valence-corrected chi connectivity index (χ1v) is 5.90. The van der Waals surface area contributed by atoms with Gasteiger partial charge in [-0.2, -0.15) is 24.5 Å². The van der Waals surface area contributed by atoms with Gasteiger partial charge in [-0.3, -0.25) is 0 Å². The van der Waals surface area contributed by atoms with Crippen LogP contribution in [0.2, 0.25) is 0 Å². The Morgan fingerprint density at radius 1 is 1.17 bits per heavy atom. The maximum atomic E-state index is 13.5. The summed E-state index contributed by atoms with van der Waals surface area (Å²) in [5, 5.41) is 13.1. The van der Waals surface area contributed by atoms with Gasteiger partial charge in [0.25, 0.3) is 0 Å².